The molecule has 0 unspecified atom stereocenters. The van der Waals surface area contributed by atoms with Crippen LogP contribution in [-0.2, 0) is 0 Å². The van der Waals surface area contributed by atoms with E-state index in [1.807, 2.05) is 78.9 Å². The molecule has 4 aromatic carbocycles. The van der Waals surface area contributed by atoms with E-state index < -0.39 is 0 Å². The Morgan fingerprint density at radius 3 is 2.26 bits per heavy atom. The first-order valence-corrected chi connectivity index (χ1v) is 12.4. The minimum Gasteiger partial charge on any atom is -0.455 e. The number of nitrogens with zero attached hydrogens (tertiary/aromatic N) is 4. The Bertz CT molecular complexity index is 1960. The van der Waals surface area contributed by atoms with Gasteiger partial charge in [-0.25, -0.2) is 15.0 Å². The van der Waals surface area contributed by atoms with E-state index in [9.17, 15) is 5.26 Å². The molecule has 0 aliphatic carbocycles. The maximum absolute atomic E-state index is 9.41. The summed E-state index contributed by atoms with van der Waals surface area (Å²) in [4.78, 5) is 14.3. The van der Waals surface area contributed by atoms with Gasteiger partial charge in [0, 0.05) is 33.0 Å². The Kier molecular flexibility index (Phi) is 6.12. The van der Waals surface area contributed by atoms with E-state index in [4.69, 9.17) is 19.4 Å². The number of hydrogen-bond donors (Lipinski definition) is 0. The van der Waals surface area contributed by atoms with E-state index in [-0.39, 0.29) is 0 Å². The van der Waals surface area contributed by atoms with Crippen molar-refractivity contribution in [3.05, 3.63) is 139 Å². The zero-order valence-electron chi connectivity index (χ0n) is 21.0. The molecule has 0 aliphatic rings. The summed E-state index contributed by atoms with van der Waals surface area (Å²) in [6.45, 7) is 8.39. The second-order valence-corrected chi connectivity index (χ2v) is 8.97. The highest BCUT2D eigenvalue weighted by Gasteiger charge is 2.15. The first-order chi connectivity index (χ1) is 19.1. The summed E-state index contributed by atoms with van der Waals surface area (Å²) < 4.78 is 6.22. The fourth-order valence-electron chi connectivity index (χ4n) is 4.56. The highest BCUT2D eigenvalue weighted by atomic mass is 16.3. The molecule has 5 heteroatoms. The van der Waals surface area contributed by atoms with Crippen LogP contribution in [0.25, 0.3) is 55.9 Å². The number of hydrogen-bond acceptors (Lipinski definition) is 5. The zero-order valence-corrected chi connectivity index (χ0v) is 21.0. The summed E-state index contributed by atoms with van der Waals surface area (Å²) >= 11 is 0. The van der Waals surface area contributed by atoms with E-state index in [0.29, 0.717) is 28.6 Å². The molecule has 5 nitrogen and oxygen atoms in total. The monoisotopic (exact) mass is 502 g/mol. The van der Waals surface area contributed by atoms with Crippen LogP contribution in [0.15, 0.2) is 127 Å². The minimum absolute atomic E-state index is 0.453. The summed E-state index contributed by atoms with van der Waals surface area (Å²) in [5, 5.41) is 11.5. The van der Waals surface area contributed by atoms with Crippen molar-refractivity contribution in [2.24, 2.45) is 0 Å². The number of benzene rings is 4. The lowest BCUT2D eigenvalue weighted by Crippen LogP contribution is -2.02. The first-order valence-electron chi connectivity index (χ1n) is 12.4. The number of allylic oxidation sites excluding steroid dienone is 4. The van der Waals surface area contributed by atoms with Crippen molar-refractivity contribution in [3.8, 4) is 28.8 Å². The summed E-state index contributed by atoms with van der Waals surface area (Å²) in [6.07, 6.45) is 3.62. The van der Waals surface area contributed by atoms with Crippen LogP contribution in [0.5, 0.6) is 0 Å². The number of rotatable bonds is 6. The molecule has 0 aliphatic heterocycles. The van der Waals surface area contributed by atoms with Crippen molar-refractivity contribution in [2.45, 2.75) is 0 Å². The normalized spacial score (nSPS) is 11.4. The van der Waals surface area contributed by atoms with E-state index in [0.717, 1.165) is 44.2 Å². The van der Waals surface area contributed by atoms with Crippen LogP contribution in [0.4, 0.5) is 0 Å². The summed E-state index contributed by atoms with van der Waals surface area (Å²) in [6, 6.07) is 33.2. The second kappa shape index (κ2) is 10.0. The standard InChI is InChI=1S/C34H22N4O/c1-3-24(19-22(2)27-16-10-17-29-28-15-7-8-18-30(28)39-31(27)29)32-36-33(25-12-5-4-6-13-25)38-34(37-32)26-14-9-11-23(20-26)21-35/h3-20H,1-2H2/b24-19+. The van der Waals surface area contributed by atoms with Crippen molar-refractivity contribution >= 4 is 33.1 Å². The molecule has 2 heterocycles. The van der Waals surface area contributed by atoms with E-state index >= 15 is 0 Å². The van der Waals surface area contributed by atoms with Gasteiger partial charge in [-0.15, -0.1) is 0 Å². The van der Waals surface area contributed by atoms with Crippen LogP contribution in [0.1, 0.15) is 17.0 Å². The predicted octanol–water partition coefficient (Wildman–Crippen LogP) is 8.26. The fraction of sp³-hybridized carbons (Fsp3) is 0. The molecule has 2 aromatic heterocycles. The smallest absolute Gasteiger partial charge is 0.164 e. The summed E-state index contributed by atoms with van der Waals surface area (Å²) in [5.74, 6) is 1.44. The Labute approximate surface area is 225 Å². The van der Waals surface area contributed by atoms with Gasteiger partial charge in [0.2, 0.25) is 0 Å². The molecule has 0 saturated carbocycles. The Hall–Kier alpha value is -5.60. The van der Waals surface area contributed by atoms with Crippen molar-refractivity contribution in [1.29, 1.82) is 5.26 Å². The molecule has 184 valence electrons. The molecule has 6 rings (SSSR count). The van der Waals surface area contributed by atoms with Crippen molar-refractivity contribution in [2.75, 3.05) is 0 Å². The van der Waals surface area contributed by atoms with Gasteiger partial charge < -0.3 is 4.42 Å². The van der Waals surface area contributed by atoms with E-state index in [1.54, 1.807) is 18.2 Å². The van der Waals surface area contributed by atoms with Gasteiger partial charge in [-0.1, -0.05) is 98.1 Å². The topological polar surface area (TPSA) is 75.6 Å². The first kappa shape index (κ1) is 23.8. The Balaban J connectivity index is 1.49. The van der Waals surface area contributed by atoms with Gasteiger partial charge in [0.15, 0.2) is 17.5 Å². The predicted molar refractivity (Wildman–Crippen MR) is 156 cm³/mol. The number of fused-ring (bicyclic) bond motifs is 3. The van der Waals surface area contributed by atoms with Gasteiger partial charge in [-0.05, 0) is 29.8 Å². The van der Waals surface area contributed by atoms with Crippen LogP contribution in [0, 0.1) is 11.3 Å². The Morgan fingerprint density at radius 2 is 1.46 bits per heavy atom. The molecule has 0 fully saturated rings. The van der Waals surface area contributed by atoms with Crippen LogP contribution in [0.3, 0.4) is 0 Å². The van der Waals surface area contributed by atoms with Crippen LogP contribution in [-0.4, -0.2) is 15.0 Å². The second-order valence-electron chi connectivity index (χ2n) is 8.97. The zero-order chi connectivity index (χ0) is 26.8. The van der Waals surface area contributed by atoms with Gasteiger partial charge in [0.1, 0.15) is 11.2 Å². The lowest BCUT2D eigenvalue weighted by Gasteiger charge is -2.10. The number of furan rings is 1. The average molecular weight is 503 g/mol. The quantitative estimate of drug-likeness (QED) is 0.214. The van der Waals surface area contributed by atoms with Gasteiger partial charge >= 0.3 is 0 Å². The molecule has 0 radical (unpaired) electrons. The molecular weight excluding hydrogens is 480 g/mol. The van der Waals surface area contributed by atoms with Crippen LogP contribution < -0.4 is 0 Å². The van der Waals surface area contributed by atoms with Crippen LogP contribution in [0.2, 0.25) is 0 Å². The van der Waals surface area contributed by atoms with Gasteiger partial charge in [-0.2, -0.15) is 5.26 Å². The third-order valence-corrected chi connectivity index (χ3v) is 6.48. The number of para-hydroxylation sites is 2. The molecule has 39 heavy (non-hydrogen) atoms. The summed E-state index contributed by atoms with van der Waals surface area (Å²) in [5.41, 5.74) is 6.02. The highest BCUT2D eigenvalue weighted by Crippen LogP contribution is 2.34. The summed E-state index contributed by atoms with van der Waals surface area (Å²) in [7, 11) is 0. The highest BCUT2D eigenvalue weighted by molar-refractivity contribution is 6.09. The molecule has 0 atom stereocenters. The fourth-order valence-corrected chi connectivity index (χ4v) is 4.56. The van der Waals surface area contributed by atoms with Crippen LogP contribution >= 0.6 is 0 Å². The molecule has 6 aromatic rings. The van der Waals surface area contributed by atoms with Gasteiger partial charge in [0.25, 0.3) is 0 Å². The molecule has 0 amide bonds. The average Bonchev–Trinajstić information content (AvgIpc) is 3.39. The largest absolute Gasteiger partial charge is 0.455 e. The third-order valence-electron chi connectivity index (χ3n) is 6.48. The molecule has 0 spiro atoms. The van der Waals surface area contributed by atoms with Crippen molar-refractivity contribution in [3.63, 3.8) is 0 Å². The van der Waals surface area contributed by atoms with Gasteiger partial charge in [0.05, 0.1) is 11.6 Å². The lowest BCUT2D eigenvalue weighted by atomic mass is 10.0. The molecule has 0 bridgehead atoms. The van der Waals surface area contributed by atoms with Crippen molar-refractivity contribution < 1.29 is 4.42 Å². The maximum Gasteiger partial charge on any atom is 0.164 e. The lowest BCUT2D eigenvalue weighted by molar-refractivity contribution is 0.668. The van der Waals surface area contributed by atoms with Gasteiger partial charge in [-0.3, -0.25) is 0 Å². The molecule has 0 N–H and O–H groups in total. The minimum atomic E-state index is 0.453. The maximum atomic E-state index is 9.41. The number of nitriles is 1. The third kappa shape index (κ3) is 4.52. The van der Waals surface area contributed by atoms with E-state index in [2.05, 4.69) is 31.4 Å². The van der Waals surface area contributed by atoms with Crippen molar-refractivity contribution in [1.82, 2.24) is 15.0 Å². The molecular formula is C34H22N4O. The Morgan fingerprint density at radius 1 is 0.769 bits per heavy atom. The number of aromatic nitrogens is 3. The van der Waals surface area contributed by atoms with E-state index in [1.165, 1.54) is 0 Å². The SMILES string of the molecule is C=C/C(=C\C(=C)c1cccc2c1oc1ccccc12)c1nc(-c2ccccc2)nc(-c2cccc(C#N)c2)n1. The molecule has 0 saturated heterocycles.